The van der Waals surface area contributed by atoms with Gasteiger partial charge in [-0.2, -0.15) is 0 Å². The summed E-state index contributed by atoms with van der Waals surface area (Å²) >= 11 is 0. The molecule has 1 unspecified atom stereocenters. The minimum Gasteiger partial charge on any atom is -0.464 e. The van der Waals surface area contributed by atoms with Gasteiger partial charge in [-0.3, -0.25) is 0 Å². The Hall–Kier alpha value is -2.04. The first-order chi connectivity index (χ1) is 10.5. The molecule has 2 aromatic rings. The summed E-state index contributed by atoms with van der Waals surface area (Å²) in [4.78, 5) is 17.1. The van der Waals surface area contributed by atoms with Crippen LogP contribution >= 0.6 is 0 Å². The number of para-hydroxylation sites is 1. The number of nitrogens with zero attached hydrogens (tertiary/aromatic N) is 2. The lowest BCUT2D eigenvalue weighted by Crippen LogP contribution is -2.24. The van der Waals surface area contributed by atoms with Gasteiger partial charge in [0.25, 0.3) is 0 Å². The van der Waals surface area contributed by atoms with Crippen LogP contribution in [0.3, 0.4) is 0 Å². The summed E-state index contributed by atoms with van der Waals surface area (Å²) in [5.74, 6) is 0.983. The maximum Gasteiger partial charge on any atom is 0.329 e. The van der Waals surface area contributed by atoms with E-state index in [1.807, 2.05) is 50.5 Å². The molecule has 1 aromatic heterocycles. The molecule has 1 heterocycles. The Balaban J connectivity index is 2.46. The van der Waals surface area contributed by atoms with Crippen LogP contribution in [0.4, 0.5) is 5.69 Å². The summed E-state index contributed by atoms with van der Waals surface area (Å²) in [6.07, 6.45) is 1.40. The highest BCUT2D eigenvalue weighted by Gasteiger charge is 2.25. The summed E-state index contributed by atoms with van der Waals surface area (Å²) < 4.78 is 7.42. The van der Waals surface area contributed by atoms with Gasteiger partial charge in [-0.25, -0.2) is 9.78 Å². The van der Waals surface area contributed by atoms with Gasteiger partial charge in [-0.1, -0.05) is 33.8 Å². The molecule has 2 rings (SSSR count). The average molecular weight is 303 g/mol. The van der Waals surface area contributed by atoms with E-state index in [9.17, 15) is 4.79 Å². The topological polar surface area (TPSA) is 70.1 Å². The zero-order valence-corrected chi connectivity index (χ0v) is 13.8. The number of imidazole rings is 1. The Morgan fingerprint density at radius 1 is 1.36 bits per heavy atom. The van der Waals surface area contributed by atoms with Crippen LogP contribution in [0.2, 0.25) is 0 Å². The lowest BCUT2D eigenvalue weighted by Gasteiger charge is -2.19. The first-order valence-corrected chi connectivity index (χ1v) is 7.91. The zero-order chi connectivity index (χ0) is 16.3. The maximum atomic E-state index is 12.5. The van der Waals surface area contributed by atoms with Crippen molar-refractivity contribution in [3.05, 3.63) is 24.0 Å². The molecule has 0 bridgehead atoms. The normalized spacial score (nSPS) is 12.8. The van der Waals surface area contributed by atoms with E-state index in [1.54, 1.807) is 0 Å². The van der Waals surface area contributed by atoms with Crippen LogP contribution in [-0.4, -0.2) is 22.1 Å². The van der Waals surface area contributed by atoms with Gasteiger partial charge in [0.15, 0.2) is 0 Å². The van der Waals surface area contributed by atoms with Crippen LogP contribution in [0.5, 0.6) is 0 Å². The second-order valence-electron chi connectivity index (χ2n) is 5.91. The van der Waals surface area contributed by atoms with Crippen LogP contribution in [0.1, 0.15) is 46.0 Å². The third-order valence-electron chi connectivity index (χ3n) is 3.67. The summed E-state index contributed by atoms with van der Waals surface area (Å²) in [6.45, 7) is 8.50. The number of hydrogen-bond donors (Lipinski definition) is 1. The van der Waals surface area contributed by atoms with Crippen LogP contribution in [0, 0.1) is 5.92 Å². The fourth-order valence-corrected chi connectivity index (χ4v) is 2.58. The van der Waals surface area contributed by atoms with Gasteiger partial charge in [0.2, 0.25) is 0 Å². The minimum absolute atomic E-state index is 0.201. The molecule has 1 aromatic carbocycles. The maximum absolute atomic E-state index is 12.5. The number of benzene rings is 1. The molecule has 2 N–H and O–H groups in total. The highest BCUT2D eigenvalue weighted by molar-refractivity contribution is 5.89. The molecule has 0 saturated carbocycles. The average Bonchev–Trinajstić information content (AvgIpc) is 2.86. The number of aryl methyl sites for hydroxylation is 1. The summed E-state index contributed by atoms with van der Waals surface area (Å²) in [5.41, 5.74) is 8.31. The fourth-order valence-electron chi connectivity index (χ4n) is 2.58. The molecule has 0 radical (unpaired) electrons. The van der Waals surface area contributed by atoms with Crippen LogP contribution in [0.15, 0.2) is 18.2 Å². The zero-order valence-electron chi connectivity index (χ0n) is 13.8. The van der Waals surface area contributed by atoms with Crippen molar-refractivity contribution in [2.24, 2.45) is 5.92 Å². The van der Waals surface area contributed by atoms with E-state index in [0.717, 1.165) is 23.3 Å². The van der Waals surface area contributed by atoms with Gasteiger partial charge < -0.3 is 15.0 Å². The molecule has 0 fully saturated rings. The fraction of sp³-hybridized carbons (Fsp3) is 0.529. The standard InChI is InChI=1S/C17H25N3O2/c1-5-13(17(21)22-10-11(3)4)20-14-9-7-8-12(18)16(14)19-15(20)6-2/h7-9,11,13H,5-6,10,18H2,1-4H3. The van der Waals surface area contributed by atoms with E-state index in [2.05, 4.69) is 4.98 Å². The molecule has 1 atom stereocenters. The number of nitrogen functional groups attached to an aromatic ring is 1. The Labute approximate surface area is 131 Å². The third kappa shape index (κ3) is 3.08. The van der Waals surface area contributed by atoms with Gasteiger partial charge >= 0.3 is 5.97 Å². The van der Waals surface area contributed by atoms with Gasteiger partial charge in [0, 0.05) is 6.42 Å². The van der Waals surface area contributed by atoms with Crippen molar-refractivity contribution in [3.8, 4) is 0 Å². The second kappa shape index (κ2) is 6.81. The quantitative estimate of drug-likeness (QED) is 0.656. The number of esters is 1. The molecule has 5 nitrogen and oxygen atoms in total. The second-order valence-corrected chi connectivity index (χ2v) is 5.91. The first kappa shape index (κ1) is 16.3. The molecule has 0 aliphatic carbocycles. The number of fused-ring (bicyclic) bond motifs is 1. The number of aromatic nitrogens is 2. The van der Waals surface area contributed by atoms with Crippen molar-refractivity contribution in [2.45, 2.75) is 46.6 Å². The third-order valence-corrected chi connectivity index (χ3v) is 3.67. The largest absolute Gasteiger partial charge is 0.464 e. The summed E-state index contributed by atoms with van der Waals surface area (Å²) in [6, 6.07) is 5.31. The first-order valence-electron chi connectivity index (χ1n) is 7.91. The van der Waals surface area contributed by atoms with E-state index in [1.165, 1.54) is 0 Å². The lowest BCUT2D eigenvalue weighted by atomic mass is 10.2. The summed E-state index contributed by atoms with van der Waals surface area (Å²) in [5, 5.41) is 0. The van der Waals surface area contributed by atoms with Crippen molar-refractivity contribution in [1.29, 1.82) is 0 Å². The van der Waals surface area contributed by atoms with E-state index in [4.69, 9.17) is 10.5 Å². The highest BCUT2D eigenvalue weighted by atomic mass is 16.5. The molecule has 0 saturated heterocycles. The Morgan fingerprint density at radius 2 is 2.09 bits per heavy atom. The van der Waals surface area contributed by atoms with E-state index < -0.39 is 0 Å². The van der Waals surface area contributed by atoms with Crippen molar-refractivity contribution >= 4 is 22.7 Å². The highest BCUT2D eigenvalue weighted by Crippen LogP contribution is 2.28. The van der Waals surface area contributed by atoms with Crippen LogP contribution < -0.4 is 5.73 Å². The predicted molar refractivity (Wildman–Crippen MR) is 88.6 cm³/mol. The van der Waals surface area contributed by atoms with Gasteiger partial charge in [0.05, 0.1) is 17.8 Å². The molecule has 120 valence electrons. The number of rotatable bonds is 6. The molecular weight excluding hydrogens is 278 g/mol. The Kier molecular flexibility index (Phi) is 5.06. The molecule has 0 aliphatic heterocycles. The van der Waals surface area contributed by atoms with Crippen LogP contribution in [0.25, 0.3) is 11.0 Å². The minimum atomic E-state index is -0.361. The lowest BCUT2D eigenvalue weighted by molar-refractivity contribution is -0.148. The molecule has 0 amide bonds. The number of anilines is 1. The molecule has 22 heavy (non-hydrogen) atoms. The van der Waals surface area contributed by atoms with E-state index in [-0.39, 0.29) is 12.0 Å². The number of hydrogen-bond acceptors (Lipinski definition) is 4. The summed E-state index contributed by atoms with van der Waals surface area (Å²) in [7, 11) is 0. The van der Waals surface area contributed by atoms with Crippen molar-refractivity contribution in [2.75, 3.05) is 12.3 Å². The van der Waals surface area contributed by atoms with Crippen molar-refractivity contribution in [1.82, 2.24) is 9.55 Å². The predicted octanol–water partition coefficient (Wildman–Crippen LogP) is 3.33. The Morgan fingerprint density at radius 3 is 2.68 bits per heavy atom. The number of carbonyl (C=O) groups is 1. The van der Waals surface area contributed by atoms with Gasteiger partial charge in [-0.15, -0.1) is 0 Å². The monoisotopic (exact) mass is 303 g/mol. The Bertz CT molecular complexity index is 661. The SMILES string of the molecule is CCc1nc2c(N)cccc2n1C(CC)C(=O)OCC(C)C. The van der Waals surface area contributed by atoms with Gasteiger partial charge in [-0.05, 0) is 24.5 Å². The molecular formula is C17H25N3O2. The number of carbonyl (C=O) groups excluding carboxylic acids is 1. The molecule has 5 heteroatoms. The van der Waals surface area contributed by atoms with Gasteiger partial charge in [0.1, 0.15) is 17.4 Å². The number of ether oxygens (including phenoxy) is 1. The van der Waals surface area contributed by atoms with E-state index in [0.29, 0.717) is 24.6 Å². The molecule has 0 spiro atoms. The number of nitrogens with two attached hydrogens (primary N) is 1. The molecule has 0 aliphatic rings. The van der Waals surface area contributed by atoms with Crippen molar-refractivity contribution < 1.29 is 9.53 Å². The van der Waals surface area contributed by atoms with E-state index >= 15 is 0 Å². The van der Waals surface area contributed by atoms with Crippen LogP contribution in [-0.2, 0) is 16.0 Å². The smallest absolute Gasteiger partial charge is 0.329 e. The van der Waals surface area contributed by atoms with Crippen molar-refractivity contribution in [3.63, 3.8) is 0 Å².